The zero-order chi connectivity index (χ0) is 14.3. The lowest BCUT2D eigenvalue weighted by molar-refractivity contribution is 0.294. The van der Waals surface area contributed by atoms with Crippen molar-refractivity contribution in [1.82, 2.24) is 0 Å². The van der Waals surface area contributed by atoms with Gasteiger partial charge in [-0.2, -0.15) is 0 Å². The maximum atomic E-state index is 11.0. The second kappa shape index (κ2) is 7.50. The first-order valence-corrected chi connectivity index (χ1v) is 8.55. The fourth-order valence-corrected chi connectivity index (χ4v) is 2.48. The van der Waals surface area contributed by atoms with E-state index in [1.807, 2.05) is 31.2 Å². The molecular weight excluding hydrogens is 262 g/mol. The molecule has 0 bridgehead atoms. The lowest BCUT2D eigenvalue weighted by Gasteiger charge is -2.12. The van der Waals surface area contributed by atoms with Crippen molar-refractivity contribution in [2.45, 2.75) is 32.2 Å². The third-order valence-corrected chi connectivity index (χ3v) is 3.87. The molecule has 0 saturated carbocycles. The summed E-state index contributed by atoms with van der Waals surface area (Å²) in [5.74, 6) is 1.06. The van der Waals surface area contributed by atoms with Crippen LogP contribution in [0.3, 0.4) is 0 Å². The molecule has 0 amide bonds. The lowest BCUT2D eigenvalue weighted by atomic mass is 10.1. The van der Waals surface area contributed by atoms with Gasteiger partial charge in [-0.25, -0.2) is 8.42 Å². The Morgan fingerprint density at radius 3 is 2.68 bits per heavy atom. The summed E-state index contributed by atoms with van der Waals surface area (Å²) in [5, 5.41) is 0. The van der Waals surface area contributed by atoms with Crippen molar-refractivity contribution in [3.05, 3.63) is 29.8 Å². The highest BCUT2D eigenvalue weighted by Crippen LogP contribution is 2.13. The Bertz CT molecular complexity index is 485. The van der Waals surface area contributed by atoms with Crippen molar-refractivity contribution in [2.75, 3.05) is 18.6 Å². The fourth-order valence-electron chi connectivity index (χ4n) is 1.79. The van der Waals surface area contributed by atoms with Crippen molar-refractivity contribution in [3.63, 3.8) is 0 Å². The highest BCUT2D eigenvalue weighted by Gasteiger charge is 2.06. The molecule has 1 aromatic carbocycles. The molecule has 0 heterocycles. The van der Waals surface area contributed by atoms with Gasteiger partial charge in [-0.05, 0) is 43.9 Å². The summed E-state index contributed by atoms with van der Waals surface area (Å²) in [6, 6.07) is 7.87. The average molecular weight is 285 g/mol. The van der Waals surface area contributed by atoms with Crippen LogP contribution in [0.15, 0.2) is 24.3 Å². The number of hydrogen-bond acceptors (Lipinski definition) is 4. The summed E-state index contributed by atoms with van der Waals surface area (Å²) in [6.45, 7) is 2.58. The van der Waals surface area contributed by atoms with Gasteiger partial charge in [0.2, 0.25) is 0 Å². The summed E-state index contributed by atoms with van der Waals surface area (Å²) >= 11 is 0. The van der Waals surface area contributed by atoms with Crippen LogP contribution in [0.25, 0.3) is 0 Å². The van der Waals surface area contributed by atoms with Crippen LogP contribution < -0.4 is 10.5 Å². The zero-order valence-electron chi connectivity index (χ0n) is 11.6. The van der Waals surface area contributed by atoms with Gasteiger partial charge in [-0.1, -0.05) is 12.1 Å². The van der Waals surface area contributed by atoms with Crippen molar-refractivity contribution >= 4 is 9.84 Å². The molecule has 0 aromatic heterocycles. The Hall–Kier alpha value is -1.07. The van der Waals surface area contributed by atoms with Gasteiger partial charge in [0.05, 0.1) is 6.61 Å². The first-order valence-electron chi connectivity index (χ1n) is 6.49. The molecule has 1 rings (SSSR count). The van der Waals surface area contributed by atoms with E-state index in [1.165, 1.54) is 6.26 Å². The Kier molecular flexibility index (Phi) is 6.31. The maximum Gasteiger partial charge on any atom is 0.147 e. The van der Waals surface area contributed by atoms with Crippen molar-refractivity contribution < 1.29 is 13.2 Å². The molecule has 0 radical (unpaired) electrons. The van der Waals surface area contributed by atoms with Gasteiger partial charge >= 0.3 is 0 Å². The first-order chi connectivity index (χ1) is 8.87. The molecule has 0 fully saturated rings. The van der Waals surface area contributed by atoms with Crippen molar-refractivity contribution in [2.24, 2.45) is 5.73 Å². The molecule has 0 aliphatic rings. The van der Waals surface area contributed by atoms with E-state index in [0.29, 0.717) is 19.4 Å². The quantitative estimate of drug-likeness (QED) is 0.792. The topological polar surface area (TPSA) is 69.4 Å². The van der Waals surface area contributed by atoms with Crippen LogP contribution in [0.4, 0.5) is 0 Å². The molecule has 0 spiro atoms. The smallest absolute Gasteiger partial charge is 0.147 e. The highest BCUT2D eigenvalue weighted by molar-refractivity contribution is 7.90. The SMILES string of the molecule is Cc1cccc(OCCC(N)CCCS(C)(=O)=O)c1. The zero-order valence-corrected chi connectivity index (χ0v) is 12.4. The van der Waals surface area contributed by atoms with E-state index in [1.54, 1.807) is 0 Å². The monoisotopic (exact) mass is 285 g/mol. The van der Waals surface area contributed by atoms with Gasteiger partial charge < -0.3 is 10.5 Å². The van der Waals surface area contributed by atoms with E-state index in [9.17, 15) is 8.42 Å². The van der Waals surface area contributed by atoms with Gasteiger partial charge in [0.15, 0.2) is 0 Å². The molecule has 0 aliphatic heterocycles. The van der Waals surface area contributed by atoms with Gasteiger partial charge in [0.25, 0.3) is 0 Å². The minimum Gasteiger partial charge on any atom is -0.494 e. The predicted molar refractivity (Wildman–Crippen MR) is 78.2 cm³/mol. The van der Waals surface area contributed by atoms with Crippen LogP contribution in [0, 0.1) is 6.92 Å². The third kappa shape index (κ3) is 7.85. The van der Waals surface area contributed by atoms with Crippen LogP contribution in [0.1, 0.15) is 24.8 Å². The molecule has 108 valence electrons. The van der Waals surface area contributed by atoms with Crippen molar-refractivity contribution in [3.8, 4) is 5.75 Å². The second-order valence-electron chi connectivity index (χ2n) is 4.99. The molecule has 0 saturated heterocycles. The Morgan fingerprint density at radius 1 is 1.32 bits per heavy atom. The number of rotatable bonds is 8. The van der Waals surface area contributed by atoms with Crippen LogP contribution >= 0.6 is 0 Å². The number of sulfone groups is 1. The van der Waals surface area contributed by atoms with E-state index in [-0.39, 0.29) is 11.8 Å². The molecular formula is C14H23NO3S. The predicted octanol–water partition coefficient (Wildman–Crippen LogP) is 1.92. The number of ether oxygens (including phenoxy) is 1. The summed E-state index contributed by atoms with van der Waals surface area (Å²) in [5.41, 5.74) is 7.08. The Balaban J connectivity index is 2.18. The summed E-state index contributed by atoms with van der Waals surface area (Å²) in [4.78, 5) is 0. The number of benzene rings is 1. The Morgan fingerprint density at radius 2 is 2.05 bits per heavy atom. The molecule has 0 aliphatic carbocycles. The number of nitrogens with two attached hydrogens (primary N) is 1. The maximum absolute atomic E-state index is 11.0. The molecule has 5 heteroatoms. The second-order valence-corrected chi connectivity index (χ2v) is 7.25. The Labute approximate surface area is 115 Å². The van der Waals surface area contributed by atoms with Gasteiger partial charge in [-0.3, -0.25) is 0 Å². The van der Waals surface area contributed by atoms with Gasteiger partial charge in [0, 0.05) is 18.1 Å². The summed E-state index contributed by atoms with van der Waals surface area (Å²) < 4.78 is 27.6. The summed E-state index contributed by atoms with van der Waals surface area (Å²) in [6.07, 6.45) is 3.31. The van der Waals surface area contributed by atoms with Crippen LogP contribution in [-0.2, 0) is 9.84 Å². The molecule has 1 atom stereocenters. The molecule has 19 heavy (non-hydrogen) atoms. The van der Waals surface area contributed by atoms with E-state index in [4.69, 9.17) is 10.5 Å². The van der Waals surface area contributed by atoms with E-state index in [0.717, 1.165) is 17.7 Å². The van der Waals surface area contributed by atoms with E-state index in [2.05, 4.69) is 0 Å². The van der Waals surface area contributed by atoms with Crippen LogP contribution in [0.5, 0.6) is 5.75 Å². The molecule has 1 aromatic rings. The average Bonchev–Trinajstić information content (AvgIpc) is 2.27. The molecule has 2 N–H and O–H groups in total. The van der Waals surface area contributed by atoms with Crippen LogP contribution in [-0.4, -0.2) is 33.1 Å². The van der Waals surface area contributed by atoms with E-state index < -0.39 is 9.84 Å². The number of hydrogen-bond donors (Lipinski definition) is 1. The minimum absolute atomic E-state index is 0.00782. The highest BCUT2D eigenvalue weighted by atomic mass is 32.2. The number of aryl methyl sites for hydroxylation is 1. The minimum atomic E-state index is -2.87. The molecule has 4 nitrogen and oxygen atoms in total. The first kappa shape index (κ1) is 16.0. The van der Waals surface area contributed by atoms with Gasteiger partial charge in [0.1, 0.15) is 15.6 Å². The third-order valence-electron chi connectivity index (χ3n) is 2.84. The standard InChI is InChI=1S/C14H23NO3S/c1-12-5-3-7-14(11-12)18-9-8-13(15)6-4-10-19(2,16)17/h3,5,7,11,13H,4,6,8-10,15H2,1-2H3. The largest absolute Gasteiger partial charge is 0.494 e. The van der Waals surface area contributed by atoms with E-state index >= 15 is 0 Å². The van der Waals surface area contributed by atoms with Crippen molar-refractivity contribution in [1.29, 1.82) is 0 Å². The fraction of sp³-hybridized carbons (Fsp3) is 0.571. The normalized spacial score (nSPS) is 13.2. The summed E-state index contributed by atoms with van der Waals surface area (Å²) in [7, 11) is -2.87. The lowest BCUT2D eigenvalue weighted by Crippen LogP contribution is -2.23. The molecule has 1 unspecified atom stereocenters. The van der Waals surface area contributed by atoms with Crippen LogP contribution in [0.2, 0.25) is 0 Å². The van der Waals surface area contributed by atoms with Gasteiger partial charge in [-0.15, -0.1) is 0 Å².